The van der Waals surface area contributed by atoms with E-state index in [1.165, 1.54) is 0 Å². The summed E-state index contributed by atoms with van der Waals surface area (Å²) in [4.78, 5) is 10.0. The molecule has 0 radical (unpaired) electrons. The molecule has 0 aliphatic rings. The van der Waals surface area contributed by atoms with Crippen molar-refractivity contribution in [3.8, 4) is 0 Å². The molecule has 60 valence electrons. The Balaban J connectivity index is 3.04. The quantitative estimate of drug-likeness (QED) is 0.334. The molecule has 0 rings (SSSR count). The molecule has 0 heterocycles. The molecule has 1 unspecified atom stereocenters. The van der Waals surface area contributed by atoms with Crippen LogP contribution in [0.1, 0.15) is 32.6 Å². The van der Waals surface area contributed by atoms with Crippen LogP contribution in [0.15, 0.2) is 0 Å². The SMILES string of the molecule is CC(CC=O)CCCCCl. The highest BCUT2D eigenvalue weighted by atomic mass is 35.5. The van der Waals surface area contributed by atoms with Gasteiger partial charge >= 0.3 is 0 Å². The van der Waals surface area contributed by atoms with Gasteiger partial charge in [0.25, 0.3) is 0 Å². The second-order valence-corrected chi connectivity index (χ2v) is 3.07. The Hall–Kier alpha value is -0.0400. The zero-order valence-corrected chi connectivity index (χ0v) is 7.23. The monoisotopic (exact) mass is 162 g/mol. The summed E-state index contributed by atoms with van der Waals surface area (Å²) in [5.74, 6) is 1.29. The van der Waals surface area contributed by atoms with Crippen LogP contribution in [0.25, 0.3) is 0 Å². The van der Waals surface area contributed by atoms with Gasteiger partial charge in [0, 0.05) is 12.3 Å². The van der Waals surface area contributed by atoms with Crippen molar-refractivity contribution in [1.29, 1.82) is 0 Å². The molecule has 0 spiro atoms. The zero-order chi connectivity index (χ0) is 7.82. The number of carbonyl (C=O) groups is 1. The summed E-state index contributed by atoms with van der Waals surface area (Å²) in [5, 5.41) is 0. The van der Waals surface area contributed by atoms with Crippen LogP contribution in [0.4, 0.5) is 0 Å². The molecule has 0 fully saturated rings. The van der Waals surface area contributed by atoms with E-state index >= 15 is 0 Å². The van der Waals surface area contributed by atoms with Crippen molar-refractivity contribution in [3.05, 3.63) is 0 Å². The maximum absolute atomic E-state index is 10.0. The first kappa shape index (κ1) is 9.96. The van der Waals surface area contributed by atoms with E-state index in [0.29, 0.717) is 12.3 Å². The van der Waals surface area contributed by atoms with Crippen LogP contribution in [0.5, 0.6) is 0 Å². The summed E-state index contributed by atoms with van der Waals surface area (Å²) in [6, 6.07) is 0. The number of hydrogen-bond acceptors (Lipinski definition) is 1. The van der Waals surface area contributed by atoms with Crippen molar-refractivity contribution >= 4 is 17.9 Å². The average molecular weight is 163 g/mol. The van der Waals surface area contributed by atoms with E-state index in [-0.39, 0.29) is 0 Å². The molecule has 0 aromatic rings. The second kappa shape index (κ2) is 7.07. The Bertz CT molecular complexity index is 83.3. The molecule has 0 aromatic carbocycles. The van der Waals surface area contributed by atoms with Crippen LogP contribution in [-0.4, -0.2) is 12.2 Å². The van der Waals surface area contributed by atoms with Gasteiger partial charge in [-0.3, -0.25) is 0 Å². The summed E-state index contributed by atoms with van der Waals surface area (Å²) >= 11 is 5.49. The van der Waals surface area contributed by atoms with Crippen molar-refractivity contribution in [2.45, 2.75) is 32.6 Å². The van der Waals surface area contributed by atoms with Gasteiger partial charge in [0.1, 0.15) is 6.29 Å². The fraction of sp³-hybridized carbons (Fsp3) is 0.875. The van der Waals surface area contributed by atoms with E-state index in [9.17, 15) is 4.79 Å². The molecule has 0 bridgehead atoms. The first-order valence-corrected chi connectivity index (χ1v) is 4.34. The van der Waals surface area contributed by atoms with Gasteiger partial charge in [-0.25, -0.2) is 0 Å². The van der Waals surface area contributed by atoms with Gasteiger partial charge in [0.15, 0.2) is 0 Å². The highest BCUT2D eigenvalue weighted by Gasteiger charge is 1.99. The first-order chi connectivity index (χ1) is 4.81. The van der Waals surface area contributed by atoms with Crippen molar-refractivity contribution in [3.63, 3.8) is 0 Å². The Morgan fingerprint density at radius 1 is 1.50 bits per heavy atom. The summed E-state index contributed by atoms with van der Waals surface area (Å²) < 4.78 is 0. The van der Waals surface area contributed by atoms with Crippen molar-refractivity contribution in [2.75, 3.05) is 5.88 Å². The van der Waals surface area contributed by atoms with Crippen LogP contribution < -0.4 is 0 Å². The van der Waals surface area contributed by atoms with E-state index in [1.54, 1.807) is 0 Å². The lowest BCUT2D eigenvalue weighted by atomic mass is 10.0. The number of halogens is 1. The first-order valence-electron chi connectivity index (χ1n) is 3.81. The summed E-state index contributed by atoms with van der Waals surface area (Å²) in [6.07, 6.45) is 5.04. The predicted molar refractivity (Wildman–Crippen MR) is 44.4 cm³/mol. The van der Waals surface area contributed by atoms with Gasteiger partial charge in [-0.2, -0.15) is 0 Å². The zero-order valence-electron chi connectivity index (χ0n) is 6.48. The highest BCUT2D eigenvalue weighted by Crippen LogP contribution is 2.10. The summed E-state index contributed by atoms with van der Waals surface area (Å²) in [6.45, 7) is 2.10. The van der Waals surface area contributed by atoms with Gasteiger partial charge < -0.3 is 4.79 Å². The maximum Gasteiger partial charge on any atom is 0.120 e. The maximum atomic E-state index is 10.0. The second-order valence-electron chi connectivity index (χ2n) is 2.69. The van der Waals surface area contributed by atoms with E-state index in [2.05, 4.69) is 6.92 Å². The van der Waals surface area contributed by atoms with Crippen LogP contribution in [0.2, 0.25) is 0 Å². The fourth-order valence-corrected chi connectivity index (χ4v) is 1.06. The van der Waals surface area contributed by atoms with Crippen molar-refractivity contribution in [1.82, 2.24) is 0 Å². The topological polar surface area (TPSA) is 17.1 Å². The van der Waals surface area contributed by atoms with Gasteiger partial charge in [-0.05, 0) is 12.3 Å². The molecule has 1 nitrogen and oxygen atoms in total. The van der Waals surface area contributed by atoms with Crippen LogP contribution in [0.3, 0.4) is 0 Å². The minimum absolute atomic E-state index is 0.542. The lowest BCUT2D eigenvalue weighted by Gasteiger charge is -2.04. The Morgan fingerprint density at radius 3 is 2.70 bits per heavy atom. The standard InChI is InChI=1S/C8H15ClO/c1-8(5-7-10)4-2-3-6-9/h7-8H,2-6H2,1H3. The molecule has 0 aliphatic carbocycles. The molecule has 10 heavy (non-hydrogen) atoms. The smallest absolute Gasteiger partial charge is 0.120 e. The minimum atomic E-state index is 0.542. The number of carbonyl (C=O) groups excluding carboxylic acids is 1. The third kappa shape index (κ3) is 6.09. The van der Waals surface area contributed by atoms with Gasteiger partial charge in [0.2, 0.25) is 0 Å². The van der Waals surface area contributed by atoms with Crippen LogP contribution in [0, 0.1) is 5.92 Å². The van der Waals surface area contributed by atoms with Crippen molar-refractivity contribution < 1.29 is 4.79 Å². The molecule has 2 heteroatoms. The van der Waals surface area contributed by atoms with Gasteiger partial charge in [0.05, 0.1) is 0 Å². The van der Waals surface area contributed by atoms with E-state index in [1.807, 2.05) is 0 Å². The Kier molecular flexibility index (Phi) is 7.04. The van der Waals surface area contributed by atoms with Crippen LogP contribution >= 0.6 is 11.6 Å². The number of hydrogen-bond donors (Lipinski definition) is 0. The van der Waals surface area contributed by atoms with Gasteiger partial charge in [-0.1, -0.05) is 19.8 Å². The summed E-state index contributed by atoms with van der Waals surface area (Å²) in [5.41, 5.74) is 0. The molecular formula is C8H15ClO. The number of unbranched alkanes of at least 4 members (excludes halogenated alkanes) is 1. The molecule has 0 amide bonds. The average Bonchev–Trinajstić information content (AvgIpc) is 1.89. The Morgan fingerprint density at radius 2 is 2.20 bits per heavy atom. The Labute approximate surface area is 67.8 Å². The molecule has 0 N–H and O–H groups in total. The molecule has 1 atom stereocenters. The molecule has 0 saturated carbocycles. The lowest BCUT2D eigenvalue weighted by Crippen LogP contribution is -1.95. The minimum Gasteiger partial charge on any atom is -0.303 e. The third-order valence-corrected chi connectivity index (χ3v) is 1.85. The van der Waals surface area contributed by atoms with E-state index in [4.69, 9.17) is 11.6 Å². The van der Waals surface area contributed by atoms with Gasteiger partial charge in [-0.15, -0.1) is 11.6 Å². The van der Waals surface area contributed by atoms with Crippen LogP contribution in [-0.2, 0) is 4.79 Å². The third-order valence-electron chi connectivity index (χ3n) is 1.58. The normalized spacial score (nSPS) is 13.0. The number of rotatable bonds is 6. The molecule has 0 saturated heterocycles. The number of aldehydes is 1. The highest BCUT2D eigenvalue weighted by molar-refractivity contribution is 6.17. The molecule has 0 aromatic heterocycles. The fourth-order valence-electron chi connectivity index (χ4n) is 0.869. The molecular weight excluding hydrogens is 148 g/mol. The predicted octanol–water partition coefficient (Wildman–Crippen LogP) is 2.62. The van der Waals surface area contributed by atoms with E-state index < -0.39 is 0 Å². The summed E-state index contributed by atoms with van der Waals surface area (Å²) in [7, 11) is 0. The molecule has 0 aliphatic heterocycles. The van der Waals surface area contributed by atoms with E-state index in [0.717, 1.165) is 31.4 Å². The number of alkyl halides is 1. The lowest BCUT2D eigenvalue weighted by molar-refractivity contribution is -0.108. The largest absolute Gasteiger partial charge is 0.303 e. The van der Waals surface area contributed by atoms with Crippen molar-refractivity contribution in [2.24, 2.45) is 5.92 Å².